The zero-order chi connectivity index (χ0) is 42.1. The van der Waals surface area contributed by atoms with Crippen LogP contribution in [-0.4, -0.2) is 15.0 Å². The molecule has 0 radical (unpaired) electrons. The van der Waals surface area contributed by atoms with Crippen molar-refractivity contribution >= 4 is 21.9 Å². The number of hydrogen-bond acceptors (Lipinski definition) is 5. The van der Waals surface area contributed by atoms with Crippen LogP contribution in [0, 0.1) is 11.3 Å². The van der Waals surface area contributed by atoms with E-state index in [-0.39, 0.29) is 0 Å². The molecule has 0 amide bonds. The van der Waals surface area contributed by atoms with Gasteiger partial charge in [0.05, 0.1) is 11.6 Å². The van der Waals surface area contributed by atoms with Crippen LogP contribution in [0.2, 0.25) is 0 Å². The highest BCUT2D eigenvalue weighted by molar-refractivity contribution is 6.13. The van der Waals surface area contributed by atoms with Crippen molar-refractivity contribution in [3.8, 4) is 95.9 Å². The maximum absolute atomic E-state index is 9.49. The SMILES string of the molecule is N#Cc1cccc(-c2ccc(-c3nc(-c4ccc(-c5cccc(-c6ccccc6)c5)cc4)nc(-c4ccc5c(c4)oc4cccc(-c6ccc(-c7ccccc7)cc6)c45)n3)cc2)c1. The Morgan fingerprint density at radius 3 is 1.33 bits per heavy atom. The Balaban J connectivity index is 0.981. The number of hydrogen-bond donors (Lipinski definition) is 0. The summed E-state index contributed by atoms with van der Waals surface area (Å²) in [6, 6.07) is 77.0. The van der Waals surface area contributed by atoms with E-state index in [4.69, 9.17) is 19.4 Å². The van der Waals surface area contributed by atoms with Gasteiger partial charge in [-0.1, -0.05) is 182 Å². The van der Waals surface area contributed by atoms with Crippen molar-refractivity contribution < 1.29 is 4.42 Å². The highest BCUT2D eigenvalue weighted by atomic mass is 16.3. The number of fused-ring (bicyclic) bond motifs is 3. The average Bonchev–Trinajstić information content (AvgIpc) is 3.75. The lowest BCUT2D eigenvalue weighted by Gasteiger charge is -2.10. The van der Waals surface area contributed by atoms with Crippen LogP contribution in [0.15, 0.2) is 223 Å². The lowest BCUT2D eigenvalue weighted by Crippen LogP contribution is -2.00. The van der Waals surface area contributed by atoms with Crippen molar-refractivity contribution in [1.82, 2.24) is 15.0 Å². The summed E-state index contributed by atoms with van der Waals surface area (Å²) in [5.41, 5.74) is 15.9. The van der Waals surface area contributed by atoms with E-state index in [1.807, 2.05) is 78.9 Å². The van der Waals surface area contributed by atoms with Gasteiger partial charge >= 0.3 is 0 Å². The summed E-state index contributed by atoms with van der Waals surface area (Å²) in [7, 11) is 0. The molecule has 0 saturated carbocycles. The van der Waals surface area contributed by atoms with Crippen molar-refractivity contribution in [3.63, 3.8) is 0 Å². The van der Waals surface area contributed by atoms with Gasteiger partial charge in [0.2, 0.25) is 0 Å². The molecule has 9 aromatic carbocycles. The Morgan fingerprint density at radius 2 is 0.746 bits per heavy atom. The van der Waals surface area contributed by atoms with Crippen molar-refractivity contribution in [1.29, 1.82) is 5.26 Å². The van der Waals surface area contributed by atoms with E-state index in [0.29, 0.717) is 23.0 Å². The van der Waals surface area contributed by atoms with Crippen molar-refractivity contribution in [3.05, 3.63) is 224 Å². The summed E-state index contributed by atoms with van der Waals surface area (Å²) < 4.78 is 6.57. The summed E-state index contributed by atoms with van der Waals surface area (Å²) in [4.78, 5) is 15.3. The molecule has 0 aliphatic heterocycles. The molecule has 11 rings (SSSR count). The van der Waals surface area contributed by atoms with E-state index >= 15 is 0 Å². The number of rotatable bonds is 8. The number of nitrogens with zero attached hydrogens (tertiary/aromatic N) is 4. The van der Waals surface area contributed by atoms with Gasteiger partial charge in [-0.2, -0.15) is 5.26 Å². The molecule has 63 heavy (non-hydrogen) atoms. The summed E-state index contributed by atoms with van der Waals surface area (Å²) >= 11 is 0. The molecule has 5 heteroatoms. The first-order chi connectivity index (χ1) is 31.1. The summed E-state index contributed by atoms with van der Waals surface area (Å²) in [6.45, 7) is 0. The minimum absolute atomic E-state index is 0.541. The Bertz CT molecular complexity index is 3480. The molecule has 0 atom stereocenters. The zero-order valence-corrected chi connectivity index (χ0v) is 34.0. The Labute approximate surface area is 364 Å². The molecular formula is C58H36N4O. The minimum Gasteiger partial charge on any atom is -0.456 e. The van der Waals surface area contributed by atoms with Crippen molar-refractivity contribution in [2.45, 2.75) is 0 Å². The number of aromatic nitrogens is 3. The fourth-order valence-electron chi connectivity index (χ4n) is 8.34. The first-order valence-corrected chi connectivity index (χ1v) is 20.9. The molecule has 0 saturated heterocycles. The molecule has 5 nitrogen and oxygen atoms in total. The monoisotopic (exact) mass is 804 g/mol. The van der Waals surface area contributed by atoms with E-state index in [1.54, 1.807) is 0 Å². The second-order valence-electron chi connectivity index (χ2n) is 15.5. The normalized spacial score (nSPS) is 11.2. The molecule has 0 aliphatic rings. The first kappa shape index (κ1) is 37.3. The van der Waals surface area contributed by atoms with Gasteiger partial charge in [0, 0.05) is 27.5 Å². The molecule has 0 spiro atoms. The van der Waals surface area contributed by atoms with Crippen molar-refractivity contribution in [2.75, 3.05) is 0 Å². The van der Waals surface area contributed by atoms with Gasteiger partial charge in [-0.05, 0) is 92.0 Å². The van der Waals surface area contributed by atoms with E-state index < -0.39 is 0 Å². The molecule has 2 aromatic heterocycles. The predicted octanol–water partition coefficient (Wildman–Crippen LogP) is 15.0. The Hall–Kier alpha value is -8.72. The molecule has 0 aliphatic carbocycles. The lowest BCUT2D eigenvalue weighted by atomic mass is 9.96. The quantitative estimate of drug-likeness (QED) is 0.153. The average molecular weight is 805 g/mol. The van der Waals surface area contributed by atoms with Crippen LogP contribution in [0.5, 0.6) is 0 Å². The third-order valence-electron chi connectivity index (χ3n) is 11.6. The largest absolute Gasteiger partial charge is 0.456 e. The molecule has 0 fully saturated rings. The molecule has 0 N–H and O–H groups in total. The van der Waals surface area contributed by atoms with Gasteiger partial charge in [0.25, 0.3) is 0 Å². The van der Waals surface area contributed by atoms with Crippen LogP contribution in [0.4, 0.5) is 0 Å². The molecule has 11 aromatic rings. The van der Waals surface area contributed by atoms with Crippen LogP contribution in [0.1, 0.15) is 5.56 Å². The van der Waals surface area contributed by atoms with Gasteiger partial charge in [0.1, 0.15) is 11.2 Å². The fraction of sp³-hybridized carbons (Fsp3) is 0. The Morgan fingerprint density at radius 1 is 0.317 bits per heavy atom. The minimum atomic E-state index is 0.541. The second-order valence-corrected chi connectivity index (χ2v) is 15.5. The first-order valence-electron chi connectivity index (χ1n) is 20.9. The summed E-state index contributed by atoms with van der Waals surface area (Å²) in [5.74, 6) is 1.66. The smallest absolute Gasteiger partial charge is 0.164 e. The summed E-state index contributed by atoms with van der Waals surface area (Å²) in [5, 5.41) is 11.6. The van der Waals surface area contributed by atoms with Crippen LogP contribution < -0.4 is 0 Å². The highest BCUT2D eigenvalue weighted by Crippen LogP contribution is 2.39. The lowest BCUT2D eigenvalue weighted by molar-refractivity contribution is 0.669. The van der Waals surface area contributed by atoms with Crippen LogP contribution >= 0.6 is 0 Å². The van der Waals surface area contributed by atoms with Crippen LogP contribution in [-0.2, 0) is 0 Å². The molecular weight excluding hydrogens is 769 g/mol. The third-order valence-corrected chi connectivity index (χ3v) is 11.6. The van der Waals surface area contributed by atoms with E-state index in [2.05, 4.69) is 146 Å². The predicted molar refractivity (Wildman–Crippen MR) is 255 cm³/mol. The zero-order valence-electron chi connectivity index (χ0n) is 34.0. The second kappa shape index (κ2) is 16.0. The van der Waals surface area contributed by atoms with Crippen molar-refractivity contribution in [2.24, 2.45) is 0 Å². The van der Waals surface area contributed by atoms with Crippen LogP contribution in [0.3, 0.4) is 0 Å². The molecule has 294 valence electrons. The number of furan rings is 1. The maximum atomic E-state index is 9.49. The van der Waals surface area contributed by atoms with E-state index in [9.17, 15) is 5.26 Å². The van der Waals surface area contributed by atoms with Gasteiger partial charge < -0.3 is 4.42 Å². The topological polar surface area (TPSA) is 75.6 Å². The van der Waals surface area contributed by atoms with Crippen LogP contribution in [0.25, 0.3) is 112 Å². The van der Waals surface area contributed by atoms with Gasteiger partial charge in [-0.25, -0.2) is 15.0 Å². The standard InChI is InChI=1S/C58H36N4O/c59-37-38-10-7-15-47(34-38)42-22-28-45(29-23-42)56-60-57(46-30-24-43(25-31-46)49-17-8-16-48(35-49)40-13-5-2-6-14-40)62-58(61-56)50-32-33-52-54(36-50)63-53-19-9-18-51(55(52)53)44-26-20-41(21-27-44)39-11-3-1-4-12-39/h1-36H. The number of nitriles is 1. The van der Waals surface area contributed by atoms with Gasteiger partial charge in [-0.15, -0.1) is 0 Å². The molecule has 0 bridgehead atoms. The van der Waals surface area contributed by atoms with E-state index in [1.165, 1.54) is 22.3 Å². The van der Waals surface area contributed by atoms with Gasteiger partial charge in [-0.3, -0.25) is 0 Å². The molecule has 0 unspecified atom stereocenters. The fourth-order valence-corrected chi connectivity index (χ4v) is 8.34. The summed E-state index contributed by atoms with van der Waals surface area (Å²) in [6.07, 6.45) is 0. The molecule has 2 heterocycles. The van der Waals surface area contributed by atoms with Gasteiger partial charge in [0.15, 0.2) is 17.5 Å². The third kappa shape index (κ3) is 7.33. The van der Waals surface area contributed by atoms with E-state index in [0.717, 1.165) is 72.0 Å². The number of benzene rings is 9. The highest BCUT2D eigenvalue weighted by Gasteiger charge is 2.17. The maximum Gasteiger partial charge on any atom is 0.164 e. The Kier molecular flexibility index (Phi) is 9.50.